The van der Waals surface area contributed by atoms with E-state index in [-0.39, 0.29) is 29.8 Å². The third-order valence-corrected chi connectivity index (χ3v) is 7.18. The van der Waals surface area contributed by atoms with Crippen molar-refractivity contribution in [1.29, 1.82) is 0 Å². The van der Waals surface area contributed by atoms with Gasteiger partial charge in [0.25, 0.3) is 5.91 Å². The summed E-state index contributed by atoms with van der Waals surface area (Å²) in [5.74, 6) is 0.224. The van der Waals surface area contributed by atoms with E-state index in [0.29, 0.717) is 29.5 Å². The number of hydrogen-bond donors (Lipinski definition) is 0. The predicted molar refractivity (Wildman–Crippen MR) is 135 cm³/mol. The van der Waals surface area contributed by atoms with Crippen LogP contribution in [-0.2, 0) is 22.8 Å². The Morgan fingerprint density at radius 1 is 0.947 bits per heavy atom. The Balaban J connectivity index is 1.91. The highest BCUT2D eigenvalue weighted by Crippen LogP contribution is 2.33. The van der Waals surface area contributed by atoms with E-state index in [1.807, 2.05) is 13.8 Å². The largest absolute Gasteiger partial charge is 0.496 e. The molecule has 1 unspecified atom stereocenters. The van der Waals surface area contributed by atoms with Gasteiger partial charge in [-0.15, -0.1) is 0 Å². The molecule has 0 bridgehead atoms. The number of nitrogens with zero attached hydrogens (tertiary/aromatic N) is 1. The molecule has 0 N–H and O–H groups in total. The average Bonchev–Trinajstić information content (AvgIpc) is 2.90. The summed E-state index contributed by atoms with van der Waals surface area (Å²) in [7, 11) is -1.65. The molecule has 0 aromatic heterocycles. The average molecular weight is 552 g/mol. The Morgan fingerprint density at radius 3 is 2.13 bits per heavy atom. The molecule has 0 heterocycles. The molecule has 0 aliphatic rings. The fourth-order valence-electron chi connectivity index (χ4n) is 3.75. The van der Waals surface area contributed by atoms with Crippen LogP contribution >= 0.6 is 0 Å². The Morgan fingerprint density at radius 2 is 1.55 bits per heavy atom. The number of rotatable bonds is 10. The summed E-state index contributed by atoms with van der Waals surface area (Å²) >= 11 is 0. The molecule has 0 fully saturated rings. The maximum atomic E-state index is 13.7. The van der Waals surface area contributed by atoms with E-state index in [9.17, 15) is 26.4 Å². The number of hydrogen-bond acceptors (Lipinski definition) is 6. The zero-order valence-corrected chi connectivity index (χ0v) is 22.1. The summed E-state index contributed by atoms with van der Waals surface area (Å²) in [6.45, 7) is 3.89. The first-order valence-electron chi connectivity index (χ1n) is 11.6. The van der Waals surface area contributed by atoms with Crippen molar-refractivity contribution in [2.24, 2.45) is 0 Å². The fourth-order valence-corrected chi connectivity index (χ4v) is 4.72. The van der Waals surface area contributed by atoms with Gasteiger partial charge < -0.3 is 18.6 Å². The molecule has 1 amide bonds. The molecular weight excluding hydrogens is 523 g/mol. The normalized spacial score (nSPS) is 12.5. The van der Waals surface area contributed by atoms with Crippen molar-refractivity contribution in [3.05, 3.63) is 83.4 Å². The third-order valence-electron chi connectivity index (χ3n) is 5.93. The minimum absolute atomic E-state index is 0.0931. The smallest absolute Gasteiger partial charge is 0.416 e. The SMILES string of the molecule is CCC(C)N(Cc1cccc(OS(=O)(=O)c2cccc(C(F)(F)F)c2)c1)C(=O)c1c(OC)cccc1OC. The zero-order valence-electron chi connectivity index (χ0n) is 21.3. The van der Waals surface area contributed by atoms with E-state index >= 15 is 0 Å². The van der Waals surface area contributed by atoms with E-state index in [1.165, 1.54) is 32.4 Å². The number of amides is 1. The number of methoxy groups -OCH3 is 2. The van der Waals surface area contributed by atoms with Crippen LogP contribution in [0.5, 0.6) is 17.2 Å². The molecule has 11 heteroatoms. The highest BCUT2D eigenvalue weighted by molar-refractivity contribution is 7.87. The van der Waals surface area contributed by atoms with Gasteiger partial charge in [0.1, 0.15) is 27.7 Å². The van der Waals surface area contributed by atoms with Crippen molar-refractivity contribution >= 4 is 16.0 Å². The summed E-state index contributed by atoms with van der Waals surface area (Å²) in [5, 5.41) is 0. The number of halogens is 3. The van der Waals surface area contributed by atoms with Crippen molar-refractivity contribution in [2.75, 3.05) is 14.2 Å². The Bertz CT molecular complexity index is 1370. The van der Waals surface area contributed by atoms with Gasteiger partial charge in [0, 0.05) is 12.6 Å². The zero-order chi connectivity index (χ0) is 28.1. The summed E-state index contributed by atoms with van der Waals surface area (Å²) in [6, 6.07) is 14.1. The van der Waals surface area contributed by atoms with Gasteiger partial charge in [-0.05, 0) is 61.4 Å². The van der Waals surface area contributed by atoms with Crippen LogP contribution < -0.4 is 13.7 Å². The van der Waals surface area contributed by atoms with Crippen molar-refractivity contribution in [3.8, 4) is 17.2 Å². The van der Waals surface area contributed by atoms with Crippen LogP contribution in [-0.4, -0.2) is 39.5 Å². The maximum Gasteiger partial charge on any atom is 0.416 e. The van der Waals surface area contributed by atoms with E-state index in [0.717, 1.165) is 18.2 Å². The molecule has 0 radical (unpaired) electrons. The van der Waals surface area contributed by atoms with Crippen molar-refractivity contribution in [1.82, 2.24) is 4.90 Å². The van der Waals surface area contributed by atoms with Crippen LogP contribution in [0.3, 0.4) is 0 Å². The first kappa shape index (κ1) is 28.8. The molecule has 3 aromatic carbocycles. The van der Waals surface area contributed by atoms with Gasteiger partial charge in [0.15, 0.2) is 0 Å². The fraction of sp³-hybridized carbons (Fsp3) is 0.296. The predicted octanol–water partition coefficient (Wildman–Crippen LogP) is 5.93. The van der Waals surface area contributed by atoms with Crippen LogP contribution in [0.1, 0.15) is 41.8 Å². The maximum absolute atomic E-state index is 13.7. The van der Waals surface area contributed by atoms with Crippen molar-refractivity contribution < 1.29 is 40.0 Å². The number of benzene rings is 3. The Labute approximate surface area is 219 Å². The second-order valence-electron chi connectivity index (χ2n) is 8.44. The van der Waals surface area contributed by atoms with Gasteiger partial charge in [0.2, 0.25) is 0 Å². The van der Waals surface area contributed by atoms with Gasteiger partial charge in [-0.3, -0.25) is 4.79 Å². The molecule has 0 spiro atoms. The van der Waals surface area contributed by atoms with E-state index in [4.69, 9.17) is 13.7 Å². The lowest BCUT2D eigenvalue weighted by Crippen LogP contribution is -2.38. The van der Waals surface area contributed by atoms with Gasteiger partial charge in [-0.1, -0.05) is 31.2 Å². The van der Waals surface area contributed by atoms with Gasteiger partial charge in [0.05, 0.1) is 19.8 Å². The summed E-state index contributed by atoms with van der Waals surface area (Å²) in [5.41, 5.74) is -0.313. The highest BCUT2D eigenvalue weighted by atomic mass is 32.2. The Hall–Kier alpha value is -3.73. The van der Waals surface area contributed by atoms with Crippen LogP contribution in [0.25, 0.3) is 0 Å². The topological polar surface area (TPSA) is 82.1 Å². The minimum atomic E-state index is -4.71. The first-order chi connectivity index (χ1) is 17.9. The van der Waals surface area contributed by atoms with E-state index in [2.05, 4.69) is 0 Å². The summed E-state index contributed by atoms with van der Waals surface area (Å²) in [6.07, 6.45) is -4.08. The number of carbonyl (C=O) groups is 1. The molecule has 0 aliphatic heterocycles. The van der Waals surface area contributed by atoms with Crippen molar-refractivity contribution in [3.63, 3.8) is 0 Å². The van der Waals surface area contributed by atoms with Crippen LogP contribution in [0.15, 0.2) is 71.6 Å². The summed E-state index contributed by atoms with van der Waals surface area (Å²) in [4.78, 5) is 14.6. The third kappa shape index (κ3) is 6.58. The Kier molecular flexibility index (Phi) is 8.93. The van der Waals surface area contributed by atoms with E-state index < -0.39 is 26.8 Å². The molecule has 204 valence electrons. The molecule has 3 rings (SSSR count). The second kappa shape index (κ2) is 11.8. The number of alkyl halides is 3. The molecule has 0 saturated heterocycles. The van der Waals surface area contributed by atoms with Crippen LogP contribution in [0.2, 0.25) is 0 Å². The lowest BCUT2D eigenvalue weighted by molar-refractivity contribution is -0.137. The van der Waals surface area contributed by atoms with Gasteiger partial charge in [-0.25, -0.2) is 0 Å². The molecule has 0 saturated carbocycles. The van der Waals surface area contributed by atoms with Gasteiger partial charge >= 0.3 is 16.3 Å². The minimum Gasteiger partial charge on any atom is -0.496 e. The first-order valence-corrected chi connectivity index (χ1v) is 13.0. The van der Waals surface area contributed by atoms with E-state index in [1.54, 1.807) is 29.2 Å². The summed E-state index contributed by atoms with van der Waals surface area (Å²) < 4.78 is 80.5. The van der Waals surface area contributed by atoms with Crippen LogP contribution in [0, 0.1) is 0 Å². The number of carbonyl (C=O) groups excluding carboxylic acids is 1. The number of ether oxygens (including phenoxy) is 2. The van der Waals surface area contributed by atoms with Crippen molar-refractivity contribution in [2.45, 2.75) is 43.9 Å². The molecule has 0 aliphatic carbocycles. The van der Waals surface area contributed by atoms with Gasteiger partial charge in [-0.2, -0.15) is 21.6 Å². The highest BCUT2D eigenvalue weighted by Gasteiger charge is 2.32. The standard InChI is InChI=1S/C27H28F3NO6S/c1-5-18(2)31(26(32)25-23(35-3)13-8-14-24(25)36-4)17-19-9-6-11-21(15-19)37-38(33,34)22-12-7-10-20(16-22)27(28,29)30/h6-16,18H,5,17H2,1-4H3. The van der Waals surface area contributed by atoms with Crippen LogP contribution in [0.4, 0.5) is 13.2 Å². The lowest BCUT2D eigenvalue weighted by atomic mass is 10.1. The molecular formula is C27H28F3NO6S. The second-order valence-corrected chi connectivity index (χ2v) is 9.98. The molecule has 1 atom stereocenters. The monoisotopic (exact) mass is 551 g/mol. The molecule has 7 nitrogen and oxygen atoms in total. The lowest BCUT2D eigenvalue weighted by Gasteiger charge is -2.30. The quantitative estimate of drug-likeness (QED) is 0.291. The molecule has 38 heavy (non-hydrogen) atoms. The molecule has 3 aromatic rings.